The van der Waals surface area contributed by atoms with Gasteiger partial charge < -0.3 is 9.88 Å². The maximum Gasteiger partial charge on any atom is 0.0997 e. The first-order valence-corrected chi connectivity index (χ1v) is 8.58. The van der Waals surface area contributed by atoms with E-state index in [1.807, 2.05) is 6.33 Å². The van der Waals surface area contributed by atoms with Crippen LogP contribution in [0, 0.1) is 0 Å². The van der Waals surface area contributed by atoms with Crippen LogP contribution < -0.4 is 5.32 Å². The second-order valence-electron chi connectivity index (χ2n) is 5.70. The molecular weight excluding hydrogens is 326 g/mol. The van der Waals surface area contributed by atoms with Gasteiger partial charge in [0, 0.05) is 16.2 Å². The molecule has 4 heteroatoms. The Morgan fingerprint density at radius 3 is 2.95 bits per heavy atom. The van der Waals surface area contributed by atoms with Gasteiger partial charge in [0.25, 0.3) is 0 Å². The molecule has 21 heavy (non-hydrogen) atoms. The Balaban J connectivity index is 2.08. The van der Waals surface area contributed by atoms with Gasteiger partial charge in [-0.15, -0.1) is 0 Å². The van der Waals surface area contributed by atoms with Crippen molar-refractivity contribution in [2.45, 2.75) is 45.6 Å². The fourth-order valence-corrected chi connectivity index (χ4v) is 3.53. The minimum absolute atomic E-state index is 0.333. The van der Waals surface area contributed by atoms with Crippen molar-refractivity contribution < 1.29 is 0 Å². The summed E-state index contributed by atoms with van der Waals surface area (Å²) in [6, 6.07) is 6.87. The Bertz CT molecular complexity index is 633. The minimum Gasteiger partial charge on any atom is -0.310 e. The smallest absolute Gasteiger partial charge is 0.0997 e. The van der Waals surface area contributed by atoms with E-state index in [0.29, 0.717) is 6.04 Å². The van der Waals surface area contributed by atoms with Crippen molar-refractivity contribution in [3.8, 4) is 5.69 Å². The number of nitrogens with one attached hydrogen (secondary N) is 1. The number of nitrogens with zero attached hydrogens (tertiary/aromatic N) is 2. The summed E-state index contributed by atoms with van der Waals surface area (Å²) in [4.78, 5) is 4.64. The van der Waals surface area contributed by atoms with E-state index in [-0.39, 0.29) is 0 Å². The highest BCUT2D eigenvalue weighted by Gasteiger charge is 2.19. The first-order chi connectivity index (χ1) is 10.2. The van der Waals surface area contributed by atoms with E-state index in [1.54, 1.807) is 0 Å². The molecule has 1 heterocycles. The van der Waals surface area contributed by atoms with Gasteiger partial charge in [0.2, 0.25) is 0 Å². The normalized spacial score (nSPS) is 15.8. The van der Waals surface area contributed by atoms with Crippen LogP contribution in [0.1, 0.15) is 49.7 Å². The van der Waals surface area contributed by atoms with Crippen LogP contribution in [0.25, 0.3) is 5.69 Å². The lowest BCUT2D eigenvalue weighted by atomic mass is 10.00. The summed E-state index contributed by atoms with van der Waals surface area (Å²) in [7, 11) is 0. The number of imidazole rings is 1. The van der Waals surface area contributed by atoms with Crippen LogP contribution in [0.4, 0.5) is 0 Å². The number of halogens is 1. The van der Waals surface area contributed by atoms with Crippen molar-refractivity contribution in [1.29, 1.82) is 0 Å². The van der Waals surface area contributed by atoms with E-state index >= 15 is 0 Å². The van der Waals surface area contributed by atoms with E-state index in [4.69, 9.17) is 0 Å². The molecule has 0 saturated carbocycles. The second-order valence-corrected chi connectivity index (χ2v) is 6.61. The topological polar surface area (TPSA) is 29.9 Å². The van der Waals surface area contributed by atoms with Gasteiger partial charge >= 0.3 is 0 Å². The third-order valence-electron chi connectivity index (χ3n) is 4.26. The molecule has 0 saturated heterocycles. The van der Waals surface area contributed by atoms with Gasteiger partial charge in [0.1, 0.15) is 0 Å². The molecule has 1 aromatic heterocycles. The Hall–Kier alpha value is -1.13. The van der Waals surface area contributed by atoms with Crippen LogP contribution in [0.15, 0.2) is 29.0 Å². The first-order valence-electron chi connectivity index (χ1n) is 7.79. The minimum atomic E-state index is 0.333. The highest BCUT2D eigenvalue weighted by Crippen LogP contribution is 2.29. The number of hydrogen-bond donors (Lipinski definition) is 1. The summed E-state index contributed by atoms with van der Waals surface area (Å²) in [5, 5.41) is 3.51. The zero-order valence-electron chi connectivity index (χ0n) is 12.7. The predicted octanol–water partition coefficient (Wildman–Crippen LogP) is 4.18. The predicted molar refractivity (Wildman–Crippen MR) is 90.0 cm³/mol. The third kappa shape index (κ3) is 2.92. The maximum atomic E-state index is 4.64. The van der Waals surface area contributed by atoms with E-state index in [9.17, 15) is 0 Å². The van der Waals surface area contributed by atoms with Crippen molar-refractivity contribution in [2.24, 2.45) is 0 Å². The Labute approximate surface area is 134 Å². The van der Waals surface area contributed by atoms with Gasteiger partial charge in [-0.05, 0) is 56.8 Å². The first kappa shape index (κ1) is 14.8. The zero-order valence-corrected chi connectivity index (χ0v) is 14.3. The lowest BCUT2D eigenvalue weighted by Gasteiger charge is -2.21. The monoisotopic (exact) mass is 347 g/mol. The Morgan fingerprint density at radius 1 is 1.33 bits per heavy atom. The Kier molecular flexibility index (Phi) is 4.45. The molecule has 1 atom stereocenters. The van der Waals surface area contributed by atoms with Crippen LogP contribution in [0.3, 0.4) is 0 Å². The number of hydrogen-bond acceptors (Lipinski definition) is 2. The molecule has 0 bridgehead atoms. The van der Waals surface area contributed by atoms with Gasteiger partial charge in [-0.1, -0.05) is 28.9 Å². The molecular formula is C17H22BrN3. The molecule has 0 radical (unpaired) electrons. The van der Waals surface area contributed by atoms with E-state index < -0.39 is 0 Å². The molecule has 1 N–H and O–H groups in total. The van der Waals surface area contributed by atoms with Gasteiger partial charge in [0.05, 0.1) is 17.7 Å². The van der Waals surface area contributed by atoms with Gasteiger partial charge in [-0.2, -0.15) is 0 Å². The van der Waals surface area contributed by atoms with E-state index in [0.717, 1.165) is 23.9 Å². The summed E-state index contributed by atoms with van der Waals surface area (Å²) < 4.78 is 3.41. The quantitative estimate of drug-likeness (QED) is 0.898. The van der Waals surface area contributed by atoms with E-state index in [1.165, 1.54) is 35.5 Å². The lowest BCUT2D eigenvalue weighted by Crippen LogP contribution is -2.20. The van der Waals surface area contributed by atoms with Crippen LogP contribution in [0.5, 0.6) is 0 Å². The van der Waals surface area contributed by atoms with Crippen molar-refractivity contribution >= 4 is 15.9 Å². The lowest BCUT2D eigenvalue weighted by molar-refractivity contribution is 0.593. The van der Waals surface area contributed by atoms with Gasteiger partial charge in [-0.3, -0.25) is 0 Å². The summed E-state index contributed by atoms with van der Waals surface area (Å²) in [5.41, 5.74) is 5.24. The van der Waals surface area contributed by atoms with Crippen molar-refractivity contribution in [2.75, 3.05) is 6.54 Å². The SMILES string of the molecule is CCNC(C)c1ccc(Br)cc1-n1cnc2c1CCCC2. The molecule has 1 aliphatic rings. The molecule has 0 amide bonds. The fraction of sp³-hybridized carbons (Fsp3) is 0.471. The average Bonchev–Trinajstić information content (AvgIpc) is 2.91. The molecule has 0 spiro atoms. The van der Waals surface area contributed by atoms with Gasteiger partial charge in [0.15, 0.2) is 0 Å². The molecule has 1 aromatic carbocycles. The van der Waals surface area contributed by atoms with Crippen molar-refractivity contribution in [1.82, 2.24) is 14.9 Å². The van der Waals surface area contributed by atoms with Crippen LogP contribution >= 0.6 is 15.9 Å². The van der Waals surface area contributed by atoms with Crippen molar-refractivity contribution in [3.63, 3.8) is 0 Å². The zero-order chi connectivity index (χ0) is 14.8. The highest BCUT2D eigenvalue weighted by molar-refractivity contribution is 9.10. The van der Waals surface area contributed by atoms with Crippen LogP contribution in [-0.4, -0.2) is 16.1 Å². The van der Waals surface area contributed by atoms with Crippen LogP contribution in [0.2, 0.25) is 0 Å². The number of aromatic nitrogens is 2. The summed E-state index contributed by atoms with van der Waals surface area (Å²) in [5.74, 6) is 0. The molecule has 112 valence electrons. The number of benzene rings is 1. The standard InChI is InChI=1S/C17H22BrN3/c1-3-19-12(2)14-9-8-13(18)10-17(14)21-11-20-15-6-4-5-7-16(15)21/h8-12,19H,3-7H2,1-2H3. The summed E-state index contributed by atoms with van der Waals surface area (Å²) in [6.45, 7) is 5.34. The fourth-order valence-electron chi connectivity index (χ4n) is 3.18. The highest BCUT2D eigenvalue weighted by atomic mass is 79.9. The number of fused-ring (bicyclic) bond motifs is 1. The number of rotatable bonds is 4. The van der Waals surface area contributed by atoms with Gasteiger partial charge in [-0.25, -0.2) is 4.98 Å². The molecule has 0 aliphatic heterocycles. The molecule has 3 nitrogen and oxygen atoms in total. The Morgan fingerprint density at radius 2 is 2.14 bits per heavy atom. The molecule has 3 rings (SSSR count). The number of aryl methyl sites for hydroxylation is 1. The summed E-state index contributed by atoms with van der Waals surface area (Å²) in [6.07, 6.45) is 6.79. The second kappa shape index (κ2) is 6.32. The largest absolute Gasteiger partial charge is 0.310 e. The third-order valence-corrected chi connectivity index (χ3v) is 4.75. The summed E-state index contributed by atoms with van der Waals surface area (Å²) >= 11 is 3.61. The molecule has 1 unspecified atom stereocenters. The maximum absolute atomic E-state index is 4.64. The van der Waals surface area contributed by atoms with Crippen LogP contribution in [-0.2, 0) is 12.8 Å². The molecule has 2 aromatic rings. The molecule has 0 fully saturated rings. The molecule has 1 aliphatic carbocycles. The van der Waals surface area contributed by atoms with Crippen molar-refractivity contribution in [3.05, 3.63) is 46.0 Å². The van der Waals surface area contributed by atoms with E-state index in [2.05, 4.69) is 62.8 Å². The average molecular weight is 348 g/mol.